The lowest BCUT2D eigenvalue weighted by molar-refractivity contribution is -0.104. The Morgan fingerprint density at radius 1 is 1.50 bits per heavy atom. The van der Waals surface area contributed by atoms with Crippen molar-refractivity contribution >= 4 is 22.2 Å². The number of aldehydes is 1. The van der Waals surface area contributed by atoms with Gasteiger partial charge in [-0.05, 0) is 23.4 Å². The van der Waals surface area contributed by atoms with E-state index in [4.69, 9.17) is 0 Å². The molecule has 0 unspecified atom stereocenters. The number of carbonyl (C=O) groups excluding carboxylic acids is 1. The van der Waals surface area contributed by atoms with E-state index in [1.165, 1.54) is 0 Å². The van der Waals surface area contributed by atoms with Crippen LogP contribution in [0.5, 0.6) is 0 Å². The van der Waals surface area contributed by atoms with E-state index in [1.54, 1.807) is 13.0 Å². The average molecular weight is 203 g/mol. The van der Waals surface area contributed by atoms with Crippen LogP contribution in [0.15, 0.2) is 22.2 Å². The molecule has 0 bridgehead atoms. The van der Waals surface area contributed by atoms with Gasteiger partial charge in [-0.25, -0.2) is 0 Å². The molecule has 0 heterocycles. The Morgan fingerprint density at radius 3 is 2.50 bits per heavy atom. The molecule has 0 aromatic heterocycles. The molecule has 0 aromatic rings. The first-order chi connectivity index (χ1) is 4.70. The molecule has 2 heteroatoms. The molecular weight excluding hydrogens is 192 g/mol. The third-order valence-electron chi connectivity index (χ3n) is 1.05. The fraction of sp³-hybridized carbons (Fsp3) is 0.375. The lowest BCUT2D eigenvalue weighted by Crippen LogP contribution is -1.73. The van der Waals surface area contributed by atoms with Gasteiger partial charge in [0.05, 0.1) is 0 Å². The summed E-state index contributed by atoms with van der Waals surface area (Å²) in [6, 6.07) is 0. The van der Waals surface area contributed by atoms with E-state index in [9.17, 15) is 4.79 Å². The number of hydrogen-bond acceptors (Lipinski definition) is 1. The highest BCUT2D eigenvalue weighted by molar-refractivity contribution is 9.11. The first-order valence-corrected chi connectivity index (χ1v) is 3.98. The zero-order valence-electron chi connectivity index (χ0n) is 6.23. The van der Waals surface area contributed by atoms with Crippen LogP contribution in [-0.2, 0) is 4.79 Å². The van der Waals surface area contributed by atoms with Gasteiger partial charge in [0.15, 0.2) is 0 Å². The molecule has 0 N–H and O–H groups in total. The lowest BCUT2D eigenvalue weighted by Gasteiger charge is -1.87. The highest BCUT2D eigenvalue weighted by Crippen LogP contribution is 2.09. The van der Waals surface area contributed by atoms with E-state index in [2.05, 4.69) is 15.9 Å². The molecule has 56 valence electrons. The fourth-order valence-electron chi connectivity index (χ4n) is 0.379. The van der Waals surface area contributed by atoms with E-state index < -0.39 is 0 Å². The second kappa shape index (κ2) is 5.42. The van der Waals surface area contributed by atoms with E-state index >= 15 is 0 Å². The van der Waals surface area contributed by atoms with Crippen molar-refractivity contribution < 1.29 is 4.79 Å². The van der Waals surface area contributed by atoms with Crippen molar-refractivity contribution in [1.82, 2.24) is 0 Å². The van der Waals surface area contributed by atoms with Crippen LogP contribution in [0.25, 0.3) is 0 Å². The fourth-order valence-corrected chi connectivity index (χ4v) is 0.511. The maximum Gasteiger partial charge on any atom is 0.145 e. The molecule has 0 aliphatic rings. The normalized spacial score (nSPS) is 13.5. The van der Waals surface area contributed by atoms with Gasteiger partial charge in [-0.15, -0.1) is 0 Å². The minimum Gasteiger partial charge on any atom is -0.298 e. The summed E-state index contributed by atoms with van der Waals surface area (Å²) in [7, 11) is 0. The van der Waals surface area contributed by atoms with Gasteiger partial charge in [-0.1, -0.05) is 35.0 Å². The number of halogens is 1. The SMILES string of the molecule is CC/C(Br)=C\C=C(/C)C=O. The van der Waals surface area contributed by atoms with Crippen molar-refractivity contribution in [1.29, 1.82) is 0 Å². The number of rotatable bonds is 3. The molecular formula is C8H11BrO. The predicted molar refractivity (Wildman–Crippen MR) is 47.1 cm³/mol. The molecule has 0 radical (unpaired) electrons. The summed E-state index contributed by atoms with van der Waals surface area (Å²) in [5.74, 6) is 0. The van der Waals surface area contributed by atoms with Gasteiger partial charge < -0.3 is 0 Å². The quantitative estimate of drug-likeness (QED) is 0.391. The van der Waals surface area contributed by atoms with Crippen LogP contribution in [0.3, 0.4) is 0 Å². The van der Waals surface area contributed by atoms with Crippen LogP contribution >= 0.6 is 15.9 Å². The zero-order chi connectivity index (χ0) is 7.98. The topological polar surface area (TPSA) is 17.1 Å². The van der Waals surface area contributed by atoms with Gasteiger partial charge in [0.2, 0.25) is 0 Å². The third-order valence-corrected chi connectivity index (χ3v) is 1.88. The zero-order valence-corrected chi connectivity index (χ0v) is 7.81. The van der Waals surface area contributed by atoms with E-state index in [1.807, 2.05) is 13.0 Å². The Kier molecular flexibility index (Phi) is 5.22. The minimum absolute atomic E-state index is 0.741. The van der Waals surface area contributed by atoms with Crippen LogP contribution in [0.2, 0.25) is 0 Å². The maximum absolute atomic E-state index is 10.1. The van der Waals surface area contributed by atoms with Crippen molar-refractivity contribution in [3.8, 4) is 0 Å². The largest absolute Gasteiger partial charge is 0.298 e. The molecule has 0 saturated heterocycles. The van der Waals surface area contributed by atoms with Gasteiger partial charge in [-0.2, -0.15) is 0 Å². The van der Waals surface area contributed by atoms with E-state index in [0.29, 0.717) is 0 Å². The van der Waals surface area contributed by atoms with Gasteiger partial charge >= 0.3 is 0 Å². The Balaban J connectivity index is 4.03. The number of carbonyl (C=O) groups is 1. The third kappa shape index (κ3) is 4.50. The second-order valence-electron chi connectivity index (χ2n) is 2.00. The Hall–Kier alpha value is -0.370. The van der Waals surface area contributed by atoms with E-state index in [0.717, 1.165) is 22.8 Å². The van der Waals surface area contributed by atoms with Gasteiger partial charge in [0.1, 0.15) is 6.29 Å². The van der Waals surface area contributed by atoms with Crippen molar-refractivity contribution in [3.05, 3.63) is 22.2 Å². The highest BCUT2D eigenvalue weighted by atomic mass is 79.9. The van der Waals surface area contributed by atoms with Gasteiger partial charge in [0.25, 0.3) is 0 Å². The summed E-state index contributed by atoms with van der Waals surface area (Å²) < 4.78 is 1.11. The predicted octanol–water partition coefficient (Wildman–Crippen LogP) is 2.82. The molecule has 0 rings (SSSR count). The molecule has 0 amide bonds. The van der Waals surface area contributed by atoms with Crippen molar-refractivity contribution in [2.45, 2.75) is 20.3 Å². The first kappa shape index (κ1) is 9.63. The number of allylic oxidation sites excluding steroid dienone is 4. The molecule has 0 aliphatic heterocycles. The van der Waals surface area contributed by atoms with Crippen molar-refractivity contribution in [2.75, 3.05) is 0 Å². The Bertz CT molecular complexity index is 168. The van der Waals surface area contributed by atoms with E-state index in [-0.39, 0.29) is 0 Å². The van der Waals surface area contributed by atoms with Crippen LogP contribution in [0.4, 0.5) is 0 Å². The standard InChI is InChI=1S/C8H11BrO/c1-3-8(9)5-4-7(2)6-10/h4-6H,3H2,1-2H3/b7-4+,8-5+. The lowest BCUT2D eigenvalue weighted by atomic mass is 10.3. The van der Waals surface area contributed by atoms with Crippen LogP contribution in [0, 0.1) is 0 Å². The average Bonchev–Trinajstić information content (AvgIpc) is 1.99. The molecule has 1 nitrogen and oxygen atoms in total. The number of hydrogen-bond donors (Lipinski definition) is 0. The summed E-state index contributed by atoms with van der Waals surface area (Å²) in [6.45, 7) is 3.82. The minimum atomic E-state index is 0.741. The summed E-state index contributed by atoms with van der Waals surface area (Å²) in [4.78, 5) is 10.1. The van der Waals surface area contributed by atoms with Crippen LogP contribution in [0.1, 0.15) is 20.3 Å². The van der Waals surface area contributed by atoms with Crippen molar-refractivity contribution in [2.24, 2.45) is 0 Å². The summed E-state index contributed by atoms with van der Waals surface area (Å²) >= 11 is 3.34. The monoisotopic (exact) mass is 202 g/mol. The van der Waals surface area contributed by atoms with Crippen molar-refractivity contribution in [3.63, 3.8) is 0 Å². The highest BCUT2D eigenvalue weighted by Gasteiger charge is 1.83. The molecule has 0 aromatic carbocycles. The smallest absolute Gasteiger partial charge is 0.145 e. The Labute approximate surface area is 69.9 Å². The molecule has 0 atom stereocenters. The molecule has 0 fully saturated rings. The Morgan fingerprint density at radius 2 is 2.10 bits per heavy atom. The maximum atomic E-state index is 10.1. The first-order valence-electron chi connectivity index (χ1n) is 3.18. The van der Waals surface area contributed by atoms with Crippen LogP contribution < -0.4 is 0 Å². The van der Waals surface area contributed by atoms with Gasteiger partial charge in [-0.3, -0.25) is 4.79 Å². The molecule has 0 saturated carbocycles. The van der Waals surface area contributed by atoms with Crippen LogP contribution in [-0.4, -0.2) is 6.29 Å². The van der Waals surface area contributed by atoms with Gasteiger partial charge in [0, 0.05) is 0 Å². The summed E-state index contributed by atoms with van der Waals surface area (Å²) in [5, 5.41) is 0. The molecule has 0 aliphatic carbocycles. The second-order valence-corrected chi connectivity index (χ2v) is 3.01. The summed E-state index contributed by atoms with van der Waals surface area (Å²) in [5.41, 5.74) is 0.741. The molecule has 10 heavy (non-hydrogen) atoms. The summed E-state index contributed by atoms with van der Waals surface area (Å²) in [6.07, 6.45) is 5.49. The molecule has 0 spiro atoms.